The van der Waals surface area contributed by atoms with Gasteiger partial charge in [0.15, 0.2) is 0 Å². The number of nitrogens with one attached hydrogen (secondary N) is 1. The van der Waals surface area contributed by atoms with Crippen molar-refractivity contribution in [1.82, 2.24) is 5.32 Å². The maximum absolute atomic E-state index is 12.6. The van der Waals surface area contributed by atoms with Crippen molar-refractivity contribution in [2.24, 2.45) is 0 Å². The predicted molar refractivity (Wildman–Crippen MR) is 120 cm³/mol. The third-order valence-corrected chi connectivity index (χ3v) is 6.71. The highest BCUT2D eigenvalue weighted by Gasteiger charge is 2.57. The molecule has 146 valence electrons. The summed E-state index contributed by atoms with van der Waals surface area (Å²) in [4.78, 5) is 14.9. The van der Waals surface area contributed by atoms with E-state index < -0.39 is 5.66 Å². The highest BCUT2D eigenvalue weighted by atomic mass is 16.2. The van der Waals surface area contributed by atoms with Crippen LogP contribution >= 0.6 is 0 Å². The fourth-order valence-corrected chi connectivity index (χ4v) is 5.07. The van der Waals surface area contributed by atoms with Gasteiger partial charge in [-0.05, 0) is 41.0 Å². The average molecular weight is 383 g/mol. The zero-order chi connectivity index (χ0) is 20.2. The van der Waals surface area contributed by atoms with E-state index in [1.54, 1.807) is 0 Å². The third kappa shape index (κ3) is 2.53. The van der Waals surface area contributed by atoms with Crippen LogP contribution < -0.4 is 10.2 Å². The summed E-state index contributed by atoms with van der Waals surface area (Å²) < 4.78 is 0. The minimum atomic E-state index is -0.574. The molecule has 29 heavy (non-hydrogen) atoms. The summed E-state index contributed by atoms with van der Waals surface area (Å²) in [6, 6.07) is 21.4. The van der Waals surface area contributed by atoms with Crippen LogP contribution in [0, 0.1) is 6.92 Å². The quantitative estimate of drug-likeness (QED) is 0.663. The Balaban J connectivity index is 1.68. The van der Waals surface area contributed by atoms with Gasteiger partial charge in [-0.25, -0.2) is 0 Å². The number of rotatable bonds is 2. The van der Waals surface area contributed by atoms with Gasteiger partial charge in [0.05, 0.1) is 0 Å². The second-order valence-electron chi connectivity index (χ2n) is 8.76. The van der Waals surface area contributed by atoms with Crippen molar-refractivity contribution in [2.45, 2.75) is 38.3 Å². The molecule has 0 aromatic heterocycles. The Labute approximate surface area is 172 Å². The molecule has 0 saturated carbocycles. The lowest BCUT2D eigenvalue weighted by molar-refractivity contribution is -0.124. The van der Waals surface area contributed by atoms with Gasteiger partial charge in [-0.3, -0.25) is 4.79 Å². The largest absolute Gasteiger partial charge is 0.344 e. The van der Waals surface area contributed by atoms with Crippen LogP contribution in [0.2, 0.25) is 0 Å². The van der Waals surface area contributed by atoms with E-state index in [0.29, 0.717) is 6.42 Å². The van der Waals surface area contributed by atoms with E-state index in [4.69, 9.17) is 0 Å². The van der Waals surface area contributed by atoms with Crippen LogP contribution in [0.15, 0.2) is 66.7 Å². The first-order valence-corrected chi connectivity index (χ1v) is 10.3. The van der Waals surface area contributed by atoms with Gasteiger partial charge in [0, 0.05) is 24.1 Å². The molecule has 0 bridgehead atoms. The number of anilines is 1. The number of aryl methyl sites for hydroxylation is 1. The lowest BCUT2D eigenvalue weighted by Gasteiger charge is -2.49. The van der Waals surface area contributed by atoms with Crippen LogP contribution in [0.4, 0.5) is 5.69 Å². The zero-order valence-corrected chi connectivity index (χ0v) is 17.2. The Hall–Kier alpha value is -3.07. The summed E-state index contributed by atoms with van der Waals surface area (Å²) in [7, 11) is 0. The van der Waals surface area contributed by atoms with Crippen LogP contribution in [0.1, 0.15) is 37.0 Å². The molecular formula is C26H26N2O. The maximum atomic E-state index is 12.6. The Kier molecular flexibility index (Phi) is 3.86. The molecule has 3 heteroatoms. The first kappa shape index (κ1) is 18.0. The lowest BCUT2D eigenvalue weighted by Crippen LogP contribution is -2.68. The first-order valence-electron chi connectivity index (χ1n) is 10.3. The van der Waals surface area contributed by atoms with Crippen LogP contribution in [-0.4, -0.2) is 18.1 Å². The van der Waals surface area contributed by atoms with Crippen molar-refractivity contribution in [1.29, 1.82) is 0 Å². The highest BCUT2D eigenvalue weighted by Crippen LogP contribution is 2.52. The minimum Gasteiger partial charge on any atom is -0.344 e. The molecule has 2 aliphatic heterocycles. The average Bonchev–Trinajstić information content (AvgIpc) is 2.90. The molecule has 1 saturated heterocycles. The third-order valence-electron chi connectivity index (χ3n) is 6.71. The van der Waals surface area contributed by atoms with Gasteiger partial charge < -0.3 is 10.2 Å². The Morgan fingerprint density at radius 2 is 1.83 bits per heavy atom. The zero-order valence-electron chi connectivity index (χ0n) is 17.2. The molecule has 0 aliphatic carbocycles. The van der Waals surface area contributed by atoms with Crippen molar-refractivity contribution in [3.8, 4) is 0 Å². The predicted octanol–water partition coefficient (Wildman–Crippen LogP) is 5.18. The van der Waals surface area contributed by atoms with Gasteiger partial charge in [0.2, 0.25) is 5.91 Å². The molecular weight excluding hydrogens is 356 g/mol. The van der Waals surface area contributed by atoms with E-state index in [1.165, 1.54) is 33.2 Å². The summed E-state index contributed by atoms with van der Waals surface area (Å²) in [6.45, 7) is 7.34. The highest BCUT2D eigenvalue weighted by molar-refractivity contribution is 5.91. The Morgan fingerprint density at radius 3 is 2.69 bits per heavy atom. The molecule has 3 nitrogen and oxygen atoms in total. The van der Waals surface area contributed by atoms with Crippen molar-refractivity contribution < 1.29 is 4.79 Å². The number of nitrogens with zero attached hydrogens (tertiary/aromatic N) is 1. The Morgan fingerprint density at radius 1 is 1.03 bits per heavy atom. The normalized spacial score (nSPS) is 22.6. The van der Waals surface area contributed by atoms with Gasteiger partial charge in [-0.15, -0.1) is 0 Å². The second-order valence-corrected chi connectivity index (χ2v) is 8.76. The van der Waals surface area contributed by atoms with Crippen molar-refractivity contribution in [2.75, 3.05) is 11.4 Å². The number of hydrogen-bond acceptors (Lipinski definition) is 2. The van der Waals surface area contributed by atoms with Crippen molar-refractivity contribution >= 4 is 28.4 Å². The molecule has 1 atom stereocenters. The summed E-state index contributed by atoms with van der Waals surface area (Å²) in [5, 5.41) is 5.81. The van der Waals surface area contributed by atoms with Gasteiger partial charge in [0.25, 0.3) is 0 Å². The number of carbonyl (C=O) groups excluding carboxylic acids is 1. The fraction of sp³-hybridized carbons (Fsp3) is 0.269. The number of amides is 1. The van der Waals surface area contributed by atoms with Crippen LogP contribution in [0.3, 0.4) is 0 Å². The van der Waals surface area contributed by atoms with Gasteiger partial charge in [-0.1, -0.05) is 80.1 Å². The molecule has 3 aromatic rings. The molecule has 0 radical (unpaired) electrons. The van der Waals surface area contributed by atoms with E-state index in [0.717, 1.165) is 6.54 Å². The minimum absolute atomic E-state index is 0.112. The van der Waals surface area contributed by atoms with Gasteiger partial charge in [0.1, 0.15) is 5.66 Å². The summed E-state index contributed by atoms with van der Waals surface area (Å²) in [5.74, 6) is 0.112. The molecule has 0 unspecified atom stereocenters. The summed E-state index contributed by atoms with van der Waals surface area (Å²) in [6.07, 6.45) is 4.91. The first-order chi connectivity index (χ1) is 13.9. The monoisotopic (exact) mass is 382 g/mol. The molecule has 1 fully saturated rings. The van der Waals surface area contributed by atoms with E-state index in [1.807, 2.05) is 0 Å². The van der Waals surface area contributed by atoms with E-state index in [2.05, 4.69) is 104 Å². The lowest BCUT2D eigenvalue weighted by atomic mass is 9.74. The number of fused-ring (bicyclic) bond motifs is 4. The van der Waals surface area contributed by atoms with E-state index >= 15 is 0 Å². The molecule has 0 spiro atoms. The summed E-state index contributed by atoms with van der Waals surface area (Å²) >= 11 is 0. The SMILES string of the molecule is Cc1ccc2c(c1)C(C)(C)[C@@]1(/C=C/c3cccc4ccccc34)NC(=O)CCN21. The van der Waals surface area contributed by atoms with Crippen LogP contribution in [0.25, 0.3) is 16.8 Å². The number of hydrogen-bond donors (Lipinski definition) is 1. The smallest absolute Gasteiger partial charge is 0.223 e. The van der Waals surface area contributed by atoms with Crippen LogP contribution in [0.5, 0.6) is 0 Å². The van der Waals surface area contributed by atoms with Crippen LogP contribution in [-0.2, 0) is 10.2 Å². The molecule has 2 aliphatic rings. The van der Waals surface area contributed by atoms with Gasteiger partial charge >= 0.3 is 0 Å². The number of carbonyl (C=O) groups is 1. The molecule has 5 rings (SSSR count). The fourth-order valence-electron chi connectivity index (χ4n) is 5.07. The van der Waals surface area contributed by atoms with E-state index in [-0.39, 0.29) is 11.3 Å². The Bertz CT molecular complexity index is 1160. The second kappa shape index (κ2) is 6.21. The molecule has 2 heterocycles. The van der Waals surface area contributed by atoms with Crippen molar-refractivity contribution in [3.63, 3.8) is 0 Å². The summed E-state index contributed by atoms with van der Waals surface area (Å²) in [5.41, 5.74) is 4.10. The maximum Gasteiger partial charge on any atom is 0.223 e. The number of benzene rings is 3. The molecule has 3 aromatic carbocycles. The molecule has 1 N–H and O–H groups in total. The van der Waals surface area contributed by atoms with Gasteiger partial charge in [-0.2, -0.15) is 0 Å². The standard InChI is InChI=1S/C26H26N2O/c1-18-11-12-23-22(17-18)25(2,3)26(27-24(29)14-16-28(23)26)15-13-20-9-6-8-19-7-4-5-10-21(19)20/h4-13,15,17H,14,16H2,1-3H3,(H,27,29)/b15-13+/t26-/m0/s1. The van der Waals surface area contributed by atoms with E-state index in [9.17, 15) is 4.79 Å². The van der Waals surface area contributed by atoms with Crippen molar-refractivity contribution in [3.05, 3.63) is 83.4 Å². The molecule has 1 amide bonds. The topological polar surface area (TPSA) is 32.3 Å².